The van der Waals surface area contributed by atoms with Gasteiger partial charge < -0.3 is 25.6 Å². The fourth-order valence-electron chi connectivity index (χ4n) is 5.22. The summed E-state index contributed by atoms with van der Waals surface area (Å²) < 4.78 is 5.88. The third-order valence-corrected chi connectivity index (χ3v) is 7.39. The molecule has 0 saturated carbocycles. The van der Waals surface area contributed by atoms with Gasteiger partial charge >= 0.3 is 0 Å². The number of nitrogens with zero attached hydrogens (tertiary/aromatic N) is 4. The number of likely N-dealkylation sites (tertiary alicyclic amines) is 2. The van der Waals surface area contributed by atoms with Crippen LogP contribution in [-0.4, -0.2) is 70.7 Å². The Kier molecular flexibility index (Phi) is 7.83. The molecule has 2 fully saturated rings. The zero-order chi connectivity index (χ0) is 26.5. The van der Waals surface area contributed by atoms with Gasteiger partial charge in [0.25, 0.3) is 0 Å². The average Bonchev–Trinajstić information content (AvgIpc) is 2.94. The topological polar surface area (TPSA) is 120 Å². The maximum atomic E-state index is 13.2. The highest BCUT2D eigenvalue weighted by atomic mass is 16.5. The Morgan fingerprint density at radius 1 is 1.00 bits per heavy atom. The van der Waals surface area contributed by atoms with Gasteiger partial charge in [-0.25, -0.2) is 9.97 Å². The fourth-order valence-corrected chi connectivity index (χ4v) is 5.22. The summed E-state index contributed by atoms with van der Waals surface area (Å²) in [6.45, 7) is 3.34. The van der Waals surface area contributed by atoms with Crippen LogP contribution >= 0.6 is 0 Å². The first-order valence-corrected chi connectivity index (χ1v) is 13.2. The van der Waals surface area contributed by atoms with Crippen LogP contribution in [0.5, 0.6) is 11.5 Å². The minimum absolute atomic E-state index is 0.0291. The SMILES string of the molecule is CN1CCC(C(=O)N2CCCC(Nc3ncnc(N)c3C(=N)c3ccc(Oc4ccccc4)cc3)C2)CC1. The van der Waals surface area contributed by atoms with Gasteiger partial charge in [-0.3, -0.25) is 10.2 Å². The number of nitrogens with one attached hydrogen (secondary N) is 2. The molecule has 38 heavy (non-hydrogen) atoms. The van der Waals surface area contributed by atoms with E-state index in [9.17, 15) is 4.79 Å². The number of nitrogen functional groups attached to an aromatic ring is 1. The molecular weight excluding hydrogens is 478 g/mol. The van der Waals surface area contributed by atoms with E-state index in [0.29, 0.717) is 29.2 Å². The maximum Gasteiger partial charge on any atom is 0.225 e. The highest BCUT2D eigenvalue weighted by Crippen LogP contribution is 2.27. The molecule has 3 heterocycles. The van der Waals surface area contributed by atoms with Gasteiger partial charge in [0.15, 0.2) is 0 Å². The summed E-state index contributed by atoms with van der Waals surface area (Å²) in [4.78, 5) is 26.1. The smallest absolute Gasteiger partial charge is 0.225 e. The second kappa shape index (κ2) is 11.6. The second-order valence-electron chi connectivity index (χ2n) is 10.1. The third kappa shape index (κ3) is 5.94. The second-order valence-corrected chi connectivity index (χ2v) is 10.1. The Hall–Kier alpha value is -3.98. The fraction of sp³-hybridized carbons (Fsp3) is 0.379. The molecule has 2 aromatic carbocycles. The van der Waals surface area contributed by atoms with Gasteiger partial charge in [0.1, 0.15) is 29.5 Å². The van der Waals surface area contributed by atoms with Crippen LogP contribution in [0.4, 0.5) is 11.6 Å². The van der Waals surface area contributed by atoms with Crippen LogP contribution in [0.1, 0.15) is 36.8 Å². The quantitative estimate of drug-likeness (QED) is 0.408. The van der Waals surface area contributed by atoms with E-state index in [1.165, 1.54) is 6.33 Å². The molecule has 1 unspecified atom stereocenters. The van der Waals surface area contributed by atoms with Crippen LogP contribution in [0, 0.1) is 11.3 Å². The van der Waals surface area contributed by atoms with Gasteiger partial charge in [0.05, 0.1) is 11.3 Å². The summed E-state index contributed by atoms with van der Waals surface area (Å²) in [5.41, 5.74) is 7.62. The van der Waals surface area contributed by atoms with E-state index in [-0.39, 0.29) is 29.4 Å². The first kappa shape index (κ1) is 25.7. The van der Waals surface area contributed by atoms with Crippen LogP contribution in [-0.2, 0) is 4.79 Å². The number of hydrogen-bond acceptors (Lipinski definition) is 8. The number of rotatable bonds is 7. The number of benzene rings is 2. The lowest BCUT2D eigenvalue weighted by Crippen LogP contribution is -2.49. The summed E-state index contributed by atoms with van der Waals surface area (Å²) in [6.07, 6.45) is 5.09. The summed E-state index contributed by atoms with van der Waals surface area (Å²) in [7, 11) is 2.11. The Labute approximate surface area is 223 Å². The maximum absolute atomic E-state index is 13.2. The van der Waals surface area contributed by atoms with Gasteiger partial charge in [-0.15, -0.1) is 0 Å². The molecule has 4 N–H and O–H groups in total. The van der Waals surface area contributed by atoms with Crippen molar-refractivity contribution >= 4 is 23.3 Å². The van der Waals surface area contributed by atoms with Crippen LogP contribution in [0.15, 0.2) is 60.9 Å². The number of ether oxygens (including phenoxy) is 1. The van der Waals surface area contributed by atoms with Gasteiger partial charge in [-0.2, -0.15) is 0 Å². The van der Waals surface area contributed by atoms with Crippen molar-refractivity contribution in [3.63, 3.8) is 0 Å². The lowest BCUT2D eigenvalue weighted by molar-refractivity contribution is -0.138. The van der Waals surface area contributed by atoms with Gasteiger partial charge in [0.2, 0.25) is 5.91 Å². The highest BCUT2D eigenvalue weighted by Gasteiger charge is 2.31. The number of anilines is 2. The molecule has 2 aliphatic heterocycles. The summed E-state index contributed by atoms with van der Waals surface area (Å²) in [6, 6.07) is 16.9. The molecule has 1 aromatic heterocycles. The Morgan fingerprint density at radius 2 is 1.71 bits per heavy atom. The lowest BCUT2D eigenvalue weighted by atomic mass is 9.94. The summed E-state index contributed by atoms with van der Waals surface area (Å²) >= 11 is 0. The molecule has 5 rings (SSSR count). The Morgan fingerprint density at radius 3 is 2.45 bits per heavy atom. The standard InChI is InChI=1S/C29H35N7O2/c1-35-16-13-21(14-17-35)29(37)36-15-5-6-22(18-36)34-28-25(27(31)32-19-33-28)26(30)20-9-11-24(12-10-20)38-23-7-3-2-4-8-23/h2-4,7-12,19,21-22,30H,5-6,13-18H2,1H3,(H3,31,32,33,34). The molecule has 2 saturated heterocycles. The lowest BCUT2D eigenvalue weighted by Gasteiger charge is -2.37. The van der Waals surface area contributed by atoms with Gasteiger partial charge in [-0.05, 0) is 82.2 Å². The summed E-state index contributed by atoms with van der Waals surface area (Å²) in [5.74, 6) is 2.56. The van der Waals surface area contributed by atoms with Crippen molar-refractivity contribution in [1.82, 2.24) is 19.8 Å². The predicted octanol–water partition coefficient (Wildman–Crippen LogP) is 4.01. The van der Waals surface area contributed by atoms with Crippen LogP contribution in [0.25, 0.3) is 0 Å². The largest absolute Gasteiger partial charge is 0.457 e. The number of aromatic nitrogens is 2. The first-order valence-electron chi connectivity index (χ1n) is 13.2. The van der Waals surface area contributed by atoms with E-state index in [4.69, 9.17) is 15.9 Å². The molecule has 0 aliphatic carbocycles. The van der Waals surface area contributed by atoms with Crippen molar-refractivity contribution in [1.29, 1.82) is 5.41 Å². The van der Waals surface area contributed by atoms with Crippen LogP contribution in [0.3, 0.4) is 0 Å². The van der Waals surface area contributed by atoms with E-state index in [1.54, 1.807) is 0 Å². The molecule has 0 bridgehead atoms. The summed E-state index contributed by atoms with van der Waals surface area (Å²) in [5, 5.41) is 12.4. The van der Waals surface area contributed by atoms with Gasteiger partial charge in [0, 0.05) is 30.6 Å². The molecule has 3 aromatic rings. The Balaban J connectivity index is 1.27. The predicted molar refractivity (Wildman–Crippen MR) is 149 cm³/mol. The number of para-hydroxylation sites is 1. The van der Waals surface area contributed by atoms with E-state index < -0.39 is 0 Å². The van der Waals surface area contributed by atoms with Crippen molar-refractivity contribution in [3.05, 3.63) is 72.1 Å². The van der Waals surface area contributed by atoms with E-state index in [1.807, 2.05) is 59.5 Å². The van der Waals surface area contributed by atoms with Crippen molar-refractivity contribution < 1.29 is 9.53 Å². The van der Waals surface area contributed by atoms with E-state index in [0.717, 1.165) is 51.1 Å². The number of hydrogen-bond donors (Lipinski definition) is 3. The monoisotopic (exact) mass is 513 g/mol. The molecule has 1 atom stereocenters. The van der Waals surface area contributed by atoms with Gasteiger partial charge in [-0.1, -0.05) is 18.2 Å². The molecule has 198 valence electrons. The number of piperidine rings is 2. The highest BCUT2D eigenvalue weighted by molar-refractivity contribution is 6.16. The molecule has 2 aliphatic rings. The van der Waals surface area contributed by atoms with Crippen molar-refractivity contribution in [2.75, 3.05) is 44.3 Å². The minimum Gasteiger partial charge on any atom is -0.457 e. The average molecular weight is 514 g/mol. The van der Waals surface area contributed by atoms with Crippen LogP contribution < -0.4 is 15.8 Å². The molecule has 0 radical (unpaired) electrons. The van der Waals surface area contributed by atoms with E-state index in [2.05, 4.69) is 27.2 Å². The van der Waals surface area contributed by atoms with Crippen molar-refractivity contribution in [2.24, 2.45) is 5.92 Å². The first-order chi connectivity index (χ1) is 18.5. The van der Waals surface area contributed by atoms with Crippen molar-refractivity contribution in [2.45, 2.75) is 31.7 Å². The zero-order valence-corrected chi connectivity index (χ0v) is 21.8. The molecule has 9 nitrogen and oxygen atoms in total. The number of amides is 1. The third-order valence-electron chi connectivity index (χ3n) is 7.39. The van der Waals surface area contributed by atoms with E-state index >= 15 is 0 Å². The normalized spacial score (nSPS) is 18.7. The minimum atomic E-state index is 0.0291. The number of carbonyl (C=O) groups is 1. The molecule has 1 amide bonds. The van der Waals surface area contributed by atoms with Crippen LogP contribution in [0.2, 0.25) is 0 Å². The van der Waals surface area contributed by atoms with Crippen molar-refractivity contribution in [3.8, 4) is 11.5 Å². The number of carbonyl (C=O) groups excluding carboxylic acids is 1. The zero-order valence-electron chi connectivity index (χ0n) is 21.8. The molecular formula is C29H35N7O2. The Bertz CT molecular complexity index is 1260. The molecule has 9 heteroatoms. The molecule has 0 spiro atoms. The number of nitrogens with two attached hydrogens (primary N) is 1.